The van der Waals surface area contributed by atoms with Crippen molar-refractivity contribution in [2.75, 3.05) is 22.1 Å². The molecule has 0 atom stereocenters. The molecule has 0 aliphatic rings. The normalized spacial score (nSPS) is 10.4. The van der Waals surface area contributed by atoms with Gasteiger partial charge in [0.05, 0.1) is 0 Å². The summed E-state index contributed by atoms with van der Waals surface area (Å²) >= 11 is 0. The van der Waals surface area contributed by atoms with Gasteiger partial charge in [-0.05, 0) is 83.9 Å². The number of amides is 2. The molecular weight excluding hydrogens is 400 g/mol. The number of rotatable bonds is 5. The van der Waals surface area contributed by atoms with Crippen LogP contribution in [-0.2, 0) is 0 Å². The van der Waals surface area contributed by atoms with Crippen molar-refractivity contribution in [2.24, 2.45) is 0 Å². The molecule has 2 amide bonds. The highest BCUT2D eigenvalue weighted by Gasteiger charge is 2.08. The Hall–Kier alpha value is -4.58. The van der Waals surface area contributed by atoms with E-state index in [9.17, 15) is 9.59 Å². The molecule has 0 spiro atoms. The Balaban J connectivity index is 1.39. The zero-order valence-electron chi connectivity index (χ0n) is 17.2. The molecule has 0 fully saturated rings. The van der Waals surface area contributed by atoms with Crippen LogP contribution in [0.15, 0.2) is 97.1 Å². The number of anilines is 4. The smallest absolute Gasteiger partial charge is 0.255 e. The zero-order valence-corrected chi connectivity index (χ0v) is 17.2. The van der Waals surface area contributed by atoms with Gasteiger partial charge >= 0.3 is 0 Å². The molecule has 0 saturated heterocycles. The molecule has 0 unspecified atom stereocenters. The lowest BCUT2D eigenvalue weighted by Gasteiger charge is -2.09. The predicted octanol–water partition coefficient (Wildman–Crippen LogP) is 5.02. The van der Waals surface area contributed by atoms with Crippen molar-refractivity contribution in [1.29, 1.82) is 0 Å². The van der Waals surface area contributed by atoms with Crippen molar-refractivity contribution < 1.29 is 9.59 Å². The second-order valence-electron chi connectivity index (χ2n) is 7.31. The van der Waals surface area contributed by atoms with Crippen LogP contribution in [0.1, 0.15) is 20.7 Å². The van der Waals surface area contributed by atoms with Crippen LogP contribution in [0.2, 0.25) is 0 Å². The van der Waals surface area contributed by atoms with Gasteiger partial charge in [-0.2, -0.15) is 0 Å². The summed E-state index contributed by atoms with van der Waals surface area (Å²) in [6, 6.07) is 28.6. The van der Waals surface area contributed by atoms with E-state index in [1.807, 2.05) is 48.5 Å². The van der Waals surface area contributed by atoms with Crippen molar-refractivity contribution in [3.8, 4) is 11.1 Å². The Labute approximate surface area is 185 Å². The lowest BCUT2D eigenvalue weighted by atomic mass is 10.0. The van der Waals surface area contributed by atoms with Gasteiger partial charge in [-0.1, -0.05) is 24.3 Å². The quantitative estimate of drug-likeness (QED) is 0.338. The number of nitrogens with one attached hydrogen (secondary N) is 2. The first kappa shape index (κ1) is 20.7. The molecule has 4 aromatic carbocycles. The SMILES string of the molecule is Nc1ccc(C(=O)Nc2ccc(-c3ccc(NC(=O)c4ccc(N)cc4)cc3)cc2)cc1. The molecule has 6 heteroatoms. The summed E-state index contributed by atoms with van der Waals surface area (Å²) in [6.07, 6.45) is 0. The van der Waals surface area contributed by atoms with Crippen molar-refractivity contribution in [3.05, 3.63) is 108 Å². The van der Waals surface area contributed by atoms with E-state index < -0.39 is 0 Å². The summed E-state index contributed by atoms with van der Waals surface area (Å²) < 4.78 is 0. The highest BCUT2D eigenvalue weighted by Crippen LogP contribution is 2.24. The van der Waals surface area contributed by atoms with E-state index in [0.717, 1.165) is 11.1 Å². The monoisotopic (exact) mass is 422 g/mol. The van der Waals surface area contributed by atoms with Crippen LogP contribution >= 0.6 is 0 Å². The van der Waals surface area contributed by atoms with E-state index in [0.29, 0.717) is 33.9 Å². The molecule has 0 bridgehead atoms. The number of carbonyl (C=O) groups is 2. The predicted molar refractivity (Wildman–Crippen MR) is 129 cm³/mol. The molecule has 6 N–H and O–H groups in total. The summed E-state index contributed by atoms with van der Waals surface area (Å²) in [5.74, 6) is -0.391. The third-order valence-corrected chi connectivity index (χ3v) is 4.96. The third kappa shape index (κ3) is 4.94. The van der Waals surface area contributed by atoms with Crippen LogP contribution in [0.25, 0.3) is 11.1 Å². The fourth-order valence-electron chi connectivity index (χ4n) is 3.17. The second-order valence-corrected chi connectivity index (χ2v) is 7.31. The number of hydrogen-bond acceptors (Lipinski definition) is 4. The van der Waals surface area contributed by atoms with Crippen molar-refractivity contribution in [3.63, 3.8) is 0 Å². The Morgan fingerprint density at radius 3 is 1.09 bits per heavy atom. The van der Waals surface area contributed by atoms with Gasteiger partial charge in [0.25, 0.3) is 11.8 Å². The van der Waals surface area contributed by atoms with Crippen LogP contribution in [0.5, 0.6) is 0 Å². The van der Waals surface area contributed by atoms with Gasteiger partial charge in [0.2, 0.25) is 0 Å². The van der Waals surface area contributed by atoms with Gasteiger partial charge in [-0.3, -0.25) is 9.59 Å². The van der Waals surface area contributed by atoms with Crippen molar-refractivity contribution >= 4 is 34.6 Å². The van der Waals surface area contributed by atoms with Gasteiger partial charge in [-0.15, -0.1) is 0 Å². The Kier molecular flexibility index (Phi) is 5.85. The van der Waals surface area contributed by atoms with Gasteiger partial charge < -0.3 is 22.1 Å². The van der Waals surface area contributed by atoms with Crippen molar-refractivity contribution in [2.45, 2.75) is 0 Å². The lowest BCUT2D eigenvalue weighted by Crippen LogP contribution is -2.11. The van der Waals surface area contributed by atoms with E-state index in [1.165, 1.54) is 0 Å². The van der Waals surface area contributed by atoms with E-state index in [4.69, 9.17) is 11.5 Å². The number of nitrogens with two attached hydrogens (primary N) is 2. The molecule has 4 rings (SSSR count). The minimum atomic E-state index is -0.195. The molecule has 0 heterocycles. The van der Waals surface area contributed by atoms with Crippen LogP contribution in [0.3, 0.4) is 0 Å². The molecule has 0 aliphatic heterocycles. The number of benzene rings is 4. The Bertz CT molecular complexity index is 1130. The Morgan fingerprint density at radius 1 is 0.469 bits per heavy atom. The van der Waals surface area contributed by atoms with E-state index in [1.54, 1.807) is 48.5 Å². The summed E-state index contributed by atoms with van der Waals surface area (Å²) in [4.78, 5) is 24.7. The maximum absolute atomic E-state index is 12.3. The fourth-order valence-corrected chi connectivity index (χ4v) is 3.17. The molecular formula is C26H22N4O2. The van der Waals surface area contributed by atoms with Crippen LogP contribution in [-0.4, -0.2) is 11.8 Å². The number of hydrogen-bond donors (Lipinski definition) is 4. The van der Waals surface area contributed by atoms with E-state index in [-0.39, 0.29) is 11.8 Å². The van der Waals surface area contributed by atoms with Gasteiger partial charge in [-0.25, -0.2) is 0 Å². The first-order valence-electron chi connectivity index (χ1n) is 10.0. The highest BCUT2D eigenvalue weighted by molar-refractivity contribution is 6.05. The van der Waals surface area contributed by atoms with E-state index in [2.05, 4.69) is 10.6 Å². The van der Waals surface area contributed by atoms with Gasteiger partial charge in [0.1, 0.15) is 0 Å². The molecule has 4 aromatic rings. The minimum Gasteiger partial charge on any atom is -0.399 e. The van der Waals surface area contributed by atoms with Crippen LogP contribution in [0.4, 0.5) is 22.7 Å². The molecule has 0 radical (unpaired) electrons. The van der Waals surface area contributed by atoms with Gasteiger partial charge in [0.15, 0.2) is 0 Å². The molecule has 0 saturated carbocycles. The van der Waals surface area contributed by atoms with Crippen molar-refractivity contribution in [1.82, 2.24) is 0 Å². The van der Waals surface area contributed by atoms with E-state index >= 15 is 0 Å². The molecule has 32 heavy (non-hydrogen) atoms. The molecule has 0 aromatic heterocycles. The second kappa shape index (κ2) is 9.06. The topological polar surface area (TPSA) is 110 Å². The fraction of sp³-hybridized carbons (Fsp3) is 0. The first-order valence-corrected chi connectivity index (χ1v) is 10.0. The zero-order chi connectivity index (χ0) is 22.5. The summed E-state index contributed by atoms with van der Waals surface area (Å²) in [6.45, 7) is 0. The summed E-state index contributed by atoms with van der Waals surface area (Å²) in [5.41, 5.74) is 17.0. The largest absolute Gasteiger partial charge is 0.399 e. The number of nitrogen functional groups attached to an aromatic ring is 2. The molecule has 0 aliphatic carbocycles. The Morgan fingerprint density at radius 2 is 0.781 bits per heavy atom. The average Bonchev–Trinajstić information content (AvgIpc) is 2.81. The number of carbonyl (C=O) groups excluding carboxylic acids is 2. The third-order valence-electron chi connectivity index (χ3n) is 4.96. The molecule has 158 valence electrons. The lowest BCUT2D eigenvalue weighted by molar-refractivity contribution is 0.101. The summed E-state index contributed by atoms with van der Waals surface area (Å²) in [5, 5.41) is 5.74. The first-order chi connectivity index (χ1) is 15.5. The minimum absolute atomic E-state index is 0.195. The van der Waals surface area contributed by atoms with Crippen LogP contribution < -0.4 is 22.1 Å². The van der Waals surface area contributed by atoms with Crippen LogP contribution in [0, 0.1) is 0 Å². The average molecular weight is 422 g/mol. The van der Waals surface area contributed by atoms with Gasteiger partial charge in [0, 0.05) is 33.9 Å². The molecule has 6 nitrogen and oxygen atoms in total. The maximum Gasteiger partial charge on any atom is 0.255 e. The summed E-state index contributed by atoms with van der Waals surface area (Å²) in [7, 11) is 0. The highest BCUT2D eigenvalue weighted by atomic mass is 16.2. The maximum atomic E-state index is 12.3. The standard InChI is InChI=1S/C26H22N4O2/c27-21-9-1-19(2-10-21)25(31)29-23-13-5-17(6-14-23)18-7-15-24(16-8-18)30-26(32)20-3-11-22(28)12-4-20/h1-16H,27-28H2,(H,29,31)(H,30,32).